The first kappa shape index (κ1) is 16.6. The van der Waals surface area contributed by atoms with Crippen LogP contribution in [0.2, 0.25) is 0 Å². The summed E-state index contributed by atoms with van der Waals surface area (Å²) in [4.78, 5) is 0. The molecule has 1 rings (SSSR count). The van der Waals surface area contributed by atoms with Crippen LogP contribution < -0.4 is 19.9 Å². The van der Waals surface area contributed by atoms with Crippen LogP contribution in [0.15, 0.2) is 12.1 Å². The first-order valence-electron chi connectivity index (χ1n) is 7.23. The van der Waals surface area contributed by atoms with E-state index in [-0.39, 0.29) is 6.04 Å². The largest absolute Gasteiger partial charge is 0.496 e. The summed E-state index contributed by atoms with van der Waals surface area (Å²) in [6.07, 6.45) is 5.74. The average Bonchev–Trinajstić information content (AvgIpc) is 2.49. The molecule has 0 bridgehead atoms. The van der Waals surface area contributed by atoms with Crippen molar-refractivity contribution in [2.45, 2.75) is 45.1 Å². The minimum atomic E-state index is -0.0809. The third-order valence-corrected chi connectivity index (χ3v) is 3.49. The van der Waals surface area contributed by atoms with E-state index in [1.807, 2.05) is 12.1 Å². The zero-order chi connectivity index (χ0) is 15.0. The Labute approximate surface area is 122 Å². The minimum absolute atomic E-state index is 0.0809. The van der Waals surface area contributed by atoms with Crippen LogP contribution >= 0.6 is 0 Å². The van der Waals surface area contributed by atoms with E-state index in [4.69, 9.17) is 19.9 Å². The number of methoxy groups -OCH3 is 3. The highest BCUT2D eigenvalue weighted by Crippen LogP contribution is 2.38. The van der Waals surface area contributed by atoms with Crippen LogP contribution in [0.4, 0.5) is 0 Å². The van der Waals surface area contributed by atoms with Crippen LogP contribution in [0.3, 0.4) is 0 Å². The topological polar surface area (TPSA) is 53.7 Å². The Morgan fingerprint density at radius 2 is 1.55 bits per heavy atom. The molecule has 0 saturated heterocycles. The van der Waals surface area contributed by atoms with Crippen molar-refractivity contribution >= 4 is 0 Å². The molecule has 0 aromatic heterocycles. The van der Waals surface area contributed by atoms with Crippen molar-refractivity contribution in [3.8, 4) is 17.2 Å². The van der Waals surface area contributed by atoms with Gasteiger partial charge in [0.05, 0.1) is 26.9 Å². The van der Waals surface area contributed by atoms with Gasteiger partial charge in [-0.05, 0) is 6.42 Å². The number of hydrogen-bond donors (Lipinski definition) is 1. The maximum atomic E-state index is 6.32. The lowest BCUT2D eigenvalue weighted by molar-refractivity contribution is 0.361. The molecular formula is C16H27NO3. The van der Waals surface area contributed by atoms with Crippen LogP contribution in [0.1, 0.15) is 50.6 Å². The van der Waals surface area contributed by atoms with E-state index >= 15 is 0 Å². The highest BCUT2D eigenvalue weighted by molar-refractivity contribution is 5.52. The second-order valence-corrected chi connectivity index (χ2v) is 4.90. The van der Waals surface area contributed by atoms with Gasteiger partial charge >= 0.3 is 0 Å². The molecule has 1 aromatic carbocycles. The molecular weight excluding hydrogens is 254 g/mol. The predicted octanol–water partition coefficient (Wildman–Crippen LogP) is 3.68. The molecule has 0 spiro atoms. The van der Waals surface area contributed by atoms with Crippen molar-refractivity contribution in [2.24, 2.45) is 5.73 Å². The average molecular weight is 281 g/mol. The van der Waals surface area contributed by atoms with Crippen LogP contribution in [0, 0.1) is 0 Å². The Kier molecular flexibility index (Phi) is 7.23. The van der Waals surface area contributed by atoms with Crippen molar-refractivity contribution in [1.29, 1.82) is 0 Å². The number of ether oxygens (including phenoxy) is 3. The maximum Gasteiger partial charge on any atom is 0.131 e. The quantitative estimate of drug-likeness (QED) is 0.701. The molecule has 0 aliphatic heterocycles. The molecule has 0 radical (unpaired) electrons. The molecule has 0 aliphatic carbocycles. The summed E-state index contributed by atoms with van der Waals surface area (Å²) in [7, 11) is 4.90. The summed E-state index contributed by atoms with van der Waals surface area (Å²) < 4.78 is 16.1. The van der Waals surface area contributed by atoms with E-state index in [0.717, 1.165) is 29.9 Å². The second kappa shape index (κ2) is 8.69. The highest BCUT2D eigenvalue weighted by Gasteiger charge is 2.19. The third kappa shape index (κ3) is 4.30. The first-order chi connectivity index (χ1) is 9.67. The maximum absolute atomic E-state index is 6.32. The van der Waals surface area contributed by atoms with Crippen molar-refractivity contribution in [3.63, 3.8) is 0 Å². The molecule has 0 aliphatic rings. The number of rotatable bonds is 9. The summed E-state index contributed by atoms with van der Waals surface area (Å²) in [6, 6.07) is 3.62. The van der Waals surface area contributed by atoms with Gasteiger partial charge in [0.2, 0.25) is 0 Å². The van der Waals surface area contributed by atoms with Crippen LogP contribution in [0.5, 0.6) is 17.2 Å². The van der Waals surface area contributed by atoms with Crippen molar-refractivity contribution < 1.29 is 14.2 Å². The van der Waals surface area contributed by atoms with Crippen molar-refractivity contribution in [3.05, 3.63) is 17.7 Å². The fourth-order valence-corrected chi connectivity index (χ4v) is 2.33. The van der Waals surface area contributed by atoms with E-state index in [0.29, 0.717) is 5.75 Å². The van der Waals surface area contributed by atoms with Gasteiger partial charge in [0.1, 0.15) is 17.2 Å². The zero-order valence-corrected chi connectivity index (χ0v) is 13.1. The molecule has 114 valence electrons. The van der Waals surface area contributed by atoms with Gasteiger partial charge in [-0.15, -0.1) is 0 Å². The van der Waals surface area contributed by atoms with E-state index < -0.39 is 0 Å². The van der Waals surface area contributed by atoms with Gasteiger partial charge in [-0.3, -0.25) is 0 Å². The smallest absolute Gasteiger partial charge is 0.131 e. The molecule has 1 atom stereocenters. The molecule has 4 nitrogen and oxygen atoms in total. The van der Waals surface area contributed by atoms with E-state index in [9.17, 15) is 0 Å². The third-order valence-electron chi connectivity index (χ3n) is 3.49. The SMILES string of the molecule is CCCCCCC(N)c1c(OC)cc(OC)cc1OC. The van der Waals surface area contributed by atoms with Gasteiger partial charge in [0.25, 0.3) is 0 Å². The monoisotopic (exact) mass is 281 g/mol. The number of hydrogen-bond acceptors (Lipinski definition) is 4. The summed E-state index contributed by atoms with van der Waals surface area (Å²) in [6.45, 7) is 2.20. The lowest BCUT2D eigenvalue weighted by atomic mass is 9.98. The second-order valence-electron chi connectivity index (χ2n) is 4.90. The molecule has 20 heavy (non-hydrogen) atoms. The lowest BCUT2D eigenvalue weighted by Crippen LogP contribution is -2.13. The molecule has 0 saturated carbocycles. The van der Waals surface area contributed by atoms with Gasteiger partial charge in [-0.25, -0.2) is 0 Å². The van der Waals surface area contributed by atoms with Gasteiger partial charge in [0, 0.05) is 18.2 Å². The molecule has 0 amide bonds. The minimum Gasteiger partial charge on any atom is -0.496 e. The van der Waals surface area contributed by atoms with E-state index in [2.05, 4.69) is 6.92 Å². The zero-order valence-electron chi connectivity index (χ0n) is 13.1. The molecule has 1 unspecified atom stereocenters. The van der Waals surface area contributed by atoms with Gasteiger partial charge in [-0.2, -0.15) is 0 Å². The Bertz CT molecular complexity index is 382. The standard InChI is InChI=1S/C16H27NO3/c1-5-6-7-8-9-13(17)16-14(19-3)10-12(18-2)11-15(16)20-4/h10-11,13H,5-9,17H2,1-4H3. The molecule has 4 heteroatoms. The van der Waals surface area contributed by atoms with Crippen molar-refractivity contribution in [1.82, 2.24) is 0 Å². The Hall–Kier alpha value is -1.42. The lowest BCUT2D eigenvalue weighted by Gasteiger charge is -2.20. The summed E-state index contributed by atoms with van der Waals surface area (Å²) in [5.74, 6) is 2.16. The predicted molar refractivity (Wildman–Crippen MR) is 81.8 cm³/mol. The summed E-state index contributed by atoms with van der Waals surface area (Å²) >= 11 is 0. The van der Waals surface area contributed by atoms with Crippen molar-refractivity contribution in [2.75, 3.05) is 21.3 Å². The Balaban J connectivity index is 2.90. The Morgan fingerprint density at radius 3 is 2.00 bits per heavy atom. The van der Waals surface area contributed by atoms with E-state index in [1.54, 1.807) is 21.3 Å². The summed E-state index contributed by atoms with van der Waals surface area (Å²) in [5.41, 5.74) is 7.24. The van der Waals surface area contributed by atoms with Crippen LogP contribution in [0.25, 0.3) is 0 Å². The molecule has 0 heterocycles. The normalized spacial score (nSPS) is 12.1. The van der Waals surface area contributed by atoms with Gasteiger partial charge < -0.3 is 19.9 Å². The first-order valence-corrected chi connectivity index (χ1v) is 7.23. The number of benzene rings is 1. The number of nitrogens with two attached hydrogens (primary N) is 1. The molecule has 2 N–H and O–H groups in total. The van der Waals surface area contributed by atoms with Crippen LogP contribution in [-0.4, -0.2) is 21.3 Å². The molecule has 0 fully saturated rings. The molecule has 1 aromatic rings. The summed E-state index contributed by atoms with van der Waals surface area (Å²) in [5, 5.41) is 0. The highest BCUT2D eigenvalue weighted by atomic mass is 16.5. The van der Waals surface area contributed by atoms with E-state index in [1.165, 1.54) is 19.3 Å². The van der Waals surface area contributed by atoms with Gasteiger partial charge in [-0.1, -0.05) is 32.6 Å². The Morgan fingerprint density at radius 1 is 0.950 bits per heavy atom. The fraction of sp³-hybridized carbons (Fsp3) is 0.625. The van der Waals surface area contributed by atoms with Crippen LogP contribution in [-0.2, 0) is 0 Å². The van der Waals surface area contributed by atoms with Gasteiger partial charge in [0.15, 0.2) is 0 Å². The fourth-order valence-electron chi connectivity index (χ4n) is 2.33. The number of unbranched alkanes of at least 4 members (excludes halogenated alkanes) is 3.